The van der Waals surface area contributed by atoms with Crippen molar-refractivity contribution in [2.24, 2.45) is 17.8 Å². The quantitative estimate of drug-likeness (QED) is 0.432. The van der Waals surface area contributed by atoms with Gasteiger partial charge in [-0.25, -0.2) is 0 Å². The van der Waals surface area contributed by atoms with Crippen LogP contribution in [0.4, 0.5) is 0 Å². The first kappa shape index (κ1) is 19.5. The van der Waals surface area contributed by atoms with Crippen molar-refractivity contribution in [1.29, 1.82) is 0 Å². The van der Waals surface area contributed by atoms with Crippen LogP contribution in [0.1, 0.15) is 31.2 Å². The molecule has 5 rings (SSSR count). The number of allylic oxidation sites excluding steroid dienone is 6. The lowest BCUT2D eigenvalue weighted by atomic mass is 9.59. The number of benzene rings is 1. The Hall–Kier alpha value is -3.48. The molecule has 0 aromatic heterocycles. The third-order valence-electron chi connectivity index (χ3n) is 6.94. The summed E-state index contributed by atoms with van der Waals surface area (Å²) in [4.78, 5) is 51.1. The first-order valence-electron chi connectivity index (χ1n) is 10.2. The smallest absolute Gasteiger partial charge is 0.231 e. The van der Waals surface area contributed by atoms with E-state index in [4.69, 9.17) is 4.74 Å². The molecule has 7 heteroatoms. The molecule has 1 fully saturated rings. The lowest BCUT2D eigenvalue weighted by Crippen LogP contribution is -2.39. The average molecular weight is 419 g/mol. The number of ketones is 2. The maximum atomic E-state index is 13.2. The second kappa shape index (κ2) is 6.77. The summed E-state index contributed by atoms with van der Waals surface area (Å²) in [6.45, 7) is 1.62. The normalized spacial score (nSPS) is 29.6. The number of nitrogens with one attached hydrogen (secondary N) is 1. The van der Waals surface area contributed by atoms with Gasteiger partial charge in [0, 0.05) is 34.3 Å². The number of phenols is 1. The van der Waals surface area contributed by atoms with Crippen molar-refractivity contribution < 1.29 is 29.0 Å². The van der Waals surface area contributed by atoms with Crippen molar-refractivity contribution in [2.75, 3.05) is 7.11 Å². The highest BCUT2D eigenvalue weighted by atomic mass is 16.5. The number of Topliss-reactive ketones (excluding diaryl/α,β-unsaturated/α-hetero) is 1. The van der Waals surface area contributed by atoms with Gasteiger partial charge in [0.05, 0.1) is 18.9 Å². The fourth-order valence-electron chi connectivity index (χ4n) is 5.57. The van der Waals surface area contributed by atoms with Crippen molar-refractivity contribution in [3.05, 3.63) is 58.2 Å². The monoisotopic (exact) mass is 419 g/mol. The molecule has 1 aromatic rings. The molecule has 0 bridgehead atoms. The van der Waals surface area contributed by atoms with Crippen molar-refractivity contribution in [3.63, 3.8) is 0 Å². The lowest BCUT2D eigenvalue weighted by molar-refractivity contribution is -0.126. The number of amides is 2. The van der Waals surface area contributed by atoms with E-state index in [0.29, 0.717) is 34.5 Å². The van der Waals surface area contributed by atoms with Gasteiger partial charge in [-0.05, 0) is 37.8 Å². The molecule has 4 atom stereocenters. The third kappa shape index (κ3) is 2.72. The number of aromatic hydroxyl groups is 1. The molecule has 2 amide bonds. The Labute approximate surface area is 178 Å². The van der Waals surface area contributed by atoms with Crippen molar-refractivity contribution in [2.45, 2.75) is 25.7 Å². The van der Waals surface area contributed by atoms with Crippen LogP contribution in [0.3, 0.4) is 0 Å². The van der Waals surface area contributed by atoms with Gasteiger partial charge in [-0.3, -0.25) is 24.5 Å². The zero-order chi connectivity index (χ0) is 22.0. The van der Waals surface area contributed by atoms with E-state index in [-0.39, 0.29) is 41.5 Å². The first-order chi connectivity index (χ1) is 14.8. The zero-order valence-electron chi connectivity index (χ0n) is 17.1. The summed E-state index contributed by atoms with van der Waals surface area (Å²) in [6, 6.07) is 4.66. The van der Waals surface area contributed by atoms with Crippen LogP contribution in [0, 0.1) is 17.8 Å². The number of imide groups is 1. The Morgan fingerprint density at radius 2 is 1.87 bits per heavy atom. The molecule has 1 aromatic carbocycles. The summed E-state index contributed by atoms with van der Waals surface area (Å²) in [5, 5.41) is 12.4. The Morgan fingerprint density at radius 1 is 1.10 bits per heavy atom. The van der Waals surface area contributed by atoms with Gasteiger partial charge in [0.25, 0.3) is 0 Å². The number of rotatable bonds is 2. The van der Waals surface area contributed by atoms with Crippen molar-refractivity contribution >= 4 is 23.4 Å². The molecular weight excluding hydrogens is 398 g/mol. The molecule has 1 aliphatic heterocycles. The summed E-state index contributed by atoms with van der Waals surface area (Å²) in [6.07, 6.45) is 3.93. The fraction of sp³-hybridized carbons (Fsp3) is 0.333. The molecule has 3 aliphatic carbocycles. The Bertz CT molecular complexity index is 1170. The van der Waals surface area contributed by atoms with E-state index in [1.807, 2.05) is 6.08 Å². The van der Waals surface area contributed by atoms with E-state index in [1.54, 1.807) is 13.0 Å². The highest BCUT2D eigenvalue weighted by molar-refractivity contribution is 6.23. The number of phenolic OH excluding ortho intramolecular Hbond substituents is 1. The lowest BCUT2D eigenvalue weighted by Gasteiger charge is -2.42. The SMILES string of the molecule is COc1cc(O)ccc1C1C2=CCC3C(=O)NC(=O)C3C2CC2=C1C(=O)C(C)=CC2=O. The van der Waals surface area contributed by atoms with Crippen LogP contribution in [0.15, 0.2) is 52.6 Å². The molecular formula is C24H21NO6. The zero-order valence-corrected chi connectivity index (χ0v) is 17.1. The van der Waals surface area contributed by atoms with Gasteiger partial charge in [0.15, 0.2) is 11.6 Å². The highest BCUT2D eigenvalue weighted by Gasteiger charge is 2.53. The van der Waals surface area contributed by atoms with Crippen LogP contribution in [0.25, 0.3) is 0 Å². The van der Waals surface area contributed by atoms with E-state index >= 15 is 0 Å². The molecule has 0 spiro atoms. The topological polar surface area (TPSA) is 110 Å². The van der Waals surface area contributed by atoms with E-state index in [0.717, 1.165) is 5.57 Å². The fourth-order valence-corrected chi connectivity index (χ4v) is 5.57. The third-order valence-corrected chi connectivity index (χ3v) is 6.94. The average Bonchev–Trinajstić information content (AvgIpc) is 3.04. The van der Waals surface area contributed by atoms with Crippen LogP contribution in [-0.4, -0.2) is 35.6 Å². The van der Waals surface area contributed by atoms with Crippen LogP contribution < -0.4 is 10.1 Å². The molecule has 2 N–H and O–H groups in total. The summed E-state index contributed by atoms with van der Waals surface area (Å²) in [7, 11) is 1.47. The molecule has 0 radical (unpaired) electrons. The summed E-state index contributed by atoms with van der Waals surface area (Å²) in [5.74, 6) is -2.63. The molecule has 4 aliphatic rings. The second-order valence-electron chi connectivity index (χ2n) is 8.51. The highest BCUT2D eigenvalue weighted by Crippen LogP contribution is 2.55. The number of carbonyl (C=O) groups is 4. The molecule has 4 unspecified atom stereocenters. The van der Waals surface area contributed by atoms with Crippen LogP contribution in [-0.2, 0) is 19.2 Å². The maximum Gasteiger partial charge on any atom is 0.231 e. The molecule has 31 heavy (non-hydrogen) atoms. The van der Waals surface area contributed by atoms with Gasteiger partial charge in [-0.15, -0.1) is 0 Å². The maximum absolute atomic E-state index is 13.2. The largest absolute Gasteiger partial charge is 0.508 e. The van der Waals surface area contributed by atoms with Gasteiger partial charge in [0.2, 0.25) is 11.8 Å². The minimum atomic E-state index is -0.589. The Morgan fingerprint density at radius 3 is 2.61 bits per heavy atom. The van der Waals surface area contributed by atoms with Gasteiger partial charge < -0.3 is 9.84 Å². The van der Waals surface area contributed by atoms with Crippen LogP contribution in [0.2, 0.25) is 0 Å². The van der Waals surface area contributed by atoms with Crippen molar-refractivity contribution in [3.8, 4) is 11.5 Å². The number of hydrogen-bond acceptors (Lipinski definition) is 6. The van der Waals surface area contributed by atoms with Crippen molar-refractivity contribution in [1.82, 2.24) is 5.32 Å². The van der Waals surface area contributed by atoms with Crippen LogP contribution in [0.5, 0.6) is 11.5 Å². The molecule has 7 nitrogen and oxygen atoms in total. The number of carbonyl (C=O) groups excluding carboxylic acids is 4. The Kier molecular flexibility index (Phi) is 4.25. The molecule has 1 saturated heterocycles. The number of hydrogen-bond donors (Lipinski definition) is 2. The Balaban J connectivity index is 1.75. The number of fused-ring (bicyclic) bond motifs is 3. The van der Waals surface area contributed by atoms with E-state index < -0.39 is 17.8 Å². The van der Waals surface area contributed by atoms with Gasteiger partial charge in [-0.1, -0.05) is 17.7 Å². The predicted octanol–water partition coefficient (Wildman–Crippen LogP) is 2.12. The minimum Gasteiger partial charge on any atom is -0.508 e. The minimum absolute atomic E-state index is 0.0164. The molecule has 0 saturated carbocycles. The second-order valence-corrected chi connectivity index (χ2v) is 8.51. The van der Waals surface area contributed by atoms with Crippen LogP contribution >= 0.6 is 0 Å². The summed E-state index contributed by atoms with van der Waals surface area (Å²) in [5.41, 5.74) is 2.66. The number of ether oxygens (including phenoxy) is 1. The standard InChI is InChI=1S/C24H21NO6/c1-10-7-17(27)16-9-15-12(5-6-14-20(15)24(30)25-23(14)29)19(21(16)22(10)28)13-4-3-11(26)8-18(13)31-2/h3-5,7-8,14-15,19-20,26H,6,9H2,1-2H3,(H,25,29,30). The van der Waals surface area contributed by atoms with E-state index in [2.05, 4.69) is 5.32 Å². The van der Waals surface area contributed by atoms with E-state index in [1.165, 1.54) is 25.3 Å². The van der Waals surface area contributed by atoms with E-state index in [9.17, 15) is 24.3 Å². The van der Waals surface area contributed by atoms with Gasteiger partial charge in [-0.2, -0.15) is 0 Å². The number of methoxy groups -OCH3 is 1. The molecule has 1 heterocycles. The van der Waals surface area contributed by atoms with Gasteiger partial charge >= 0.3 is 0 Å². The predicted molar refractivity (Wildman–Crippen MR) is 109 cm³/mol. The summed E-state index contributed by atoms with van der Waals surface area (Å²) >= 11 is 0. The first-order valence-corrected chi connectivity index (χ1v) is 10.2. The van der Waals surface area contributed by atoms with Gasteiger partial charge in [0.1, 0.15) is 11.5 Å². The summed E-state index contributed by atoms with van der Waals surface area (Å²) < 4.78 is 5.50. The molecule has 158 valence electrons.